The first kappa shape index (κ1) is 20.6. The summed E-state index contributed by atoms with van der Waals surface area (Å²) in [5.41, 5.74) is 1.21. The highest BCUT2D eigenvalue weighted by Gasteiger charge is 2.20. The van der Waals surface area contributed by atoms with Crippen molar-refractivity contribution in [1.82, 2.24) is 29.9 Å². The first-order valence-electron chi connectivity index (χ1n) is 10.4. The minimum Gasteiger partial charge on any atom is -0.349 e. The van der Waals surface area contributed by atoms with Gasteiger partial charge in [0.25, 0.3) is 0 Å². The summed E-state index contributed by atoms with van der Waals surface area (Å²) in [4.78, 5) is 11.2. The van der Waals surface area contributed by atoms with Gasteiger partial charge in [-0.05, 0) is 23.9 Å². The first-order valence-corrected chi connectivity index (χ1v) is 11.2. The molecule has 0 unspecified atom stereocenters. The molecule has 0 aliphatic carbocycles. The van der Waals surface area contributed by atoms with Crippen LogP contribution in [0.2, 0.25) is 0 Å². The number of nitrogens with zero attached hydrogens (tertiary/aromatic N) is 6. The second-order valence-electron chi connectivity index (χ2n) is 7.54. The largest absolute Gasteiger partial charge is 0.349 e. The van der Waals surface area contributed by atoms with Crippen LogP contribution in [0.1, 0.15) is 22.1 Å². The van der Waals surface area contributed by atoms with Crippen LogP contribution < -0.4 is 5.32 Å². The second kappa shape index (κ2) is 9.86. The summed E-state index contributed by atoms with van der Waals surface area (Å²) < 4.78 is 2.01. The maximum Gasteiger partial charge on any atom is 0.194 e. The Hall–Kier alpha value is -2.71. The normalized spacial score (nSPS) is 15.5. The Morgan fingerprint density at radius 3 is 2.53 bits per heavy atom. The highest BCUT2D eigenvalue weighted by molar-refractivity contribution is 7.09. The Kier molecular flexibility index (Phi) is 6.76. The molecule has 8 heteroatoms. The monoisotopic (exact) mass is 423 g/mol. The molecule has 1 aliphatic heterocycles. The van der Waals surface area contributed by atoms with Crippen LogP contribution in [0.4, 0.5) is 0 Å². The first-order chi connectivity index (χ1) is 14.7. The number of guanidine groups is 1. The lowest BCUT2D eigenvalue weighted by Crippen LogP contribution is -2.52. The van der Waals surface area contributed by atoms with Gasteiger partial charge in [0.05, 0.1) is 13.1 Å². The molecule has 1 aromatic carbocycles. The van der Waals surface area contributed by atoms with Crippen LogP contribution in [0, 0.1) is 6.92 Å². The lowest BCUT2D eigenvalue weighted by Gasteiger charge is -2.36. The smallest absolute Gasteiger partial charge is 0.194 e. The van der Waals surface area contributed by atoms with Gasteiger partial charge < -0.3 is 14.8 Å². The van der Waals surface area contributed by atoms with Gasteiger partial charge in [-0.15, -0.1) is 21.5 Å². The summed E-state index contributed by atoms with van der Waals surface area (Å²) in [5, 5.41) is 14.1. The van der Waals surface area contributed by atoms with Gasteiger partial charge in [-0.25, -0.2) is 4.99 Å². The zero-order chi connectivity index (χ0) is 20.8. The van der Waals surface area contributed by atoms with Crippen LogP contribution in [0.5, 0.6) is 0 Å². The van der Waals surface area contributed by atoms with Gasteiger partial charge in [0.1, 0.15) is 5.82 Å². The Bertz CT molecular complexity index is 941. The van der Waals surface area contributed by atoms with E-state index in [9.17, 15) is 0 Å². The standard InChI is InChI=1S/C22H29N7S/c1-18-25-26-21(27(18)2)16-24-22(23-15-19-7-4-3-5-8-19)29-12-10-28(11-13-29)17-20-9-6-14-30-20/h3-9,14H,10-13,15-17H2,1-2H3,(H,23,24). The number of nitrogens with one attached hydrogen (secondary N) is 1. The molecule has 158 valence electrons. The third-order valence-corrected chi connectivity index (χ3v) is 6.33. The van der Waals surface area contributed by atoms with Crippen LogP contribution in [0.3, 0.4) is 0 Å². The highest BCUT2D eigenvalue weighted by Crippen LogP contribution is 2.14. The van der Waals surface area contributed by atoms with Crippen molar-refractivity contribution in [3.63, 3.8) is 0 Å². The van der Waals surface area contributed by atoms with Crippen LogP contribution in [-0.2, 0) is 26.7 Å². The summed E-state index contributed by atoms with van der Waals surface area (Å²) in [7, 11) is 2.00. The molecule has 1 fully saturated rings. The fraction of sp³-hybridized carbons (Fsp3) is 0.409. The fourth-order valence-electron chi connectivity index (χ4n) is 3.52. The van der Waals surface area contributed by atoms with Crippen molar-refractivity contribution in [2.45, 2.75) is 26.6 Å². The van der Waals surface area contributed by atoms with Gasteiger partial charge in [0, 0.05) is 44.6 Å². The van der Waals surface area contributed by atoms with Crippen LogP contribution in [0.25, 0.3) is 0 Å². The second-order valence-corrected chi connectivity index (χ2v) is 8.58. The average Bonchev–Trinajstić information content (AvgIpc) is 3.40. The molecule has 0 bridgehead atoms. The zero-order valence-corrected chi connectivity index (χ0v) is 18.5. The van der Waals surface area contributed by atoms with Crippen molar-refractivity contribution < 1.29 is 0 Å². The average molecular weight is 424 g/mol. The quantitative estimate of drug-likeness (QED) is 0.488. The van der Waals surface area contributed by atoms with Gasteiger partial charge in [0.2, 0.25) is 0 Å². The van der Waals surface area contributed by atoms with Crippen molar-refractivity contribution in [3.05, 3.63) is 69.9 Å². The van der Waals surface area contributed by atoms with Gasteiger partial charge >= 0.3 is 0 Å². The van der Waals surface area contributed by atoms with Crippen molar-refractivity contribution in [2.24, 2.45) is 12.0 Å². The molecule has 3 heterocycles. The minimum absolute atomic E-state index is 0.611. The predicted octanol–water partition coefficient (Wildman–Crippen LogP) is 2.65. The molecule has 2 aromatic heterocycles. The summed E-state index contributed by atoms with van der Waals surface area (Å²) in [6, 6.07) is 14.7. The molecule has 4 rings (SSSR count). The van der Waals surface area contributed by atoms with E-state index < -0.39 is 0 Å². The number of aromatic nitrogens is 3. The number of benzene rings is 1. The SMILES string of the molecule is Cc1nnc(CNC(=NCc2ccccc2)N2CCN(Cc3cccs3)CC2)n1C. The van der Waals surface area contributed by atoms with Crippen molar-refractivity contribution in [3.8, 4) is 0 Å². The number of aliphatic imine (C=N–C) groups is 1. The number of hydrogen-bond donors (Lipinski definition) is 1. The molecule has 0 saturated carbocycles. The van der Waals surface area contributed by atoms with E-state index in [4.69, 9.17) is 4.99 Å². The Labute approximate surface area is 182 Å². The van der Waals surface area contributed by atoms with E-state index in [0.29, 0.717) is 13.1 Å². The van der Waals surface area contributed by atoms with Crippen LogP contribution in [0.15, 0.2) is 52.8 Å². The number of aryl methyl sites for hydroxylation is 1. The molecule has 1 saturated heterocycles. The lowest BCUT2D eigenvalue weighted by atomic mass is 10.2. The third-order valence-electron chi connectivity index (χ3n) is 5.47. The molecule has 0 atom stereocenters. The fourth-order valence-corrected chi connectivity index (χ4v) is 4.27. The summed E-state index contributed by atoms with van der Waals surface area (Å²) in [5.74, 6) is 2.77. The molecule has 3 aromatic rings. The van der Waals surface area contributed by atoms with E-state index in [1.165, 1.54) is 10.4 Å². The molecule has 0 amide bonds. The molecule has 0 spiro atoms. The zero-order valence-electron chi connectivity index (χ0n) is 17.7. The van der Waals surface area contributed by atoms with E-state index in [1.807, 2.05) is 35.9 Å². The van der Waals surface area contributed by atoms with Crippen LogP contribution in [-0.4, -0.2) is 56.7 Å². The van der Waals surface area contributed by atoms with Crippen molar-refractivity contribution in [1.29, 1.82) is 0 Å². The number of rotatable bonds is 6. The number of piperazine rings is 1. The molecular formula is C22H29N7S. The number of thiophene rings is 1. The van der Waals surface area contributed by atoms with Crippen molar-refractivity contribution >= 4 is 17.3 Å². The molecule has 0 radical (unpaired) electrons. The summed E-state index contributed by atoms with van der Waals surface area (Å²) in [6.07, 6.45) is 0. The van der Waals surface area contributed by atoms with Gasteiger partial charge in [-0.2, -0.15) is 0 Å². The molecule has 1 N–H and O–H groups in total. The topological polar surface area (TPSA) is 61.6 Å². The van der Waals surface area contributed by atoms with E-state index >= 15 is 0 Å². The minimum atomic E-state index is 0.611. The maximum absolute atomic E-state index is 4.93. The molecule has 1 aliphatic rings. The highest BCUT2D eigenvalue weighted by atomic mass is 32.1. The molecular weight excluding hydrogens is 394 g/mol. The third kappa shape index (κ3) is 5.25. The molecule has 7 nitrogen and oxygen atoms in total. The van der Waals surface area contributed by atoms with Gasteiger partial charge in [0.15, 0.2) is 11.8 Å². The lowest BCUT2D eigenvalue weighted by molar-refractivity contribution is 0.173. The summed E-state index contributed by atoms with van der Waals surface area (Å²) in [6.45, 7) is 8.27. The van der Waals surface area contributed by atoms with E-state index in [0.717, 1.165) is 50.3 Å². The van der Waals surface area contributed by atoms with Crippen LogP contribution >= 0.6 is 11.3 Å². The maximum atomic E-state index is 4.93. The Morgan fingerprint density at radius 2 is 1.87 bits per heavy atom. The van der Waals surface area contributed by atoms with E-state index in [1.54, 1.807) is 0 Å². The Balaban J connectivity index is 1.41. The predicted molar refractivity (Wildman–Crippen MR) is 121 cm³/mol. The van der Waals surface area contributed by atoms with E-state index in [2.05, 4.69) is 67.1 Å². The molecule has 30 heavy (non-hydrogen) atoms. The van der Waals surface area contributed by atoms with Gasteiger partial charge in [-0.1, -0.05) is 36.4 Å². The van der Waals surface area contributed by atoms with Crippen molar-refractivity contribution in [2.75, 3.05) is 26.2 Å². The Morgan fingerprint density at radius 1 is 1.07 bits per heavy atom. The number of hydrogen-bond acceptors (Lipinski definition) is 5. The van der Waals surface area contributed by atoms with E-state index in [-0.39, 0.29) is 0 Å². The summed E-state index contributed by atoms with van der Waals surface area (Å²) >= 11 is 1.83. The van der Waals surface area contributed by atoms with Gasteiger partial charge in [-0.3, -0.25) is 4.90 Å².